The molecule has 2 saturated heterocycles. The molecule has 45 heavy (non-hydrogen) atoms. The zero-order valence-corrected chi connectivity index (χ0v) is 26.6. The van der Waals surface area contributed by atoms with E-state index >= 15 is 0 Å². The van der Waals surface area contributed by atoms with Crippen LogP contribution in [-0.2, 0) is 47.5 Å². The van der Waals surface area contributed by atoms with Gasteiger partial charge in [0, 0.05) is 44.5 Å². The zero-order valence-electron chi connectivity index (χ0n) is 26.6. The summed E-state index contributed by atoms with van der Waals surface area (Å²) in [6, 6.07) is 0. The number of hydrogen-bond acceptors (Lipinski definition) is 13. The highest BCUT2D eigenvalue weighted by molar-refractivity contribution is 5.83. The van der Waals surface area contributed by atoms with Gasteiger partial charge in [0.2, 0.25) is 5.79 Å². The molecule has 3 rings (SSSR count). The van der Waals surface area contributed by atoms with E-state index in [0.717, 1.165) is 6.08 Å². The molecule has 3 N–H and O–H groups in total. The number of fused-ring (bicyclic) bond motifs is 4. The molecular weight excluding hydrogens is 592 g/mol. The number of cyclic esters (lactones) is 1. The number of carbonyl (C=O) groups excluding carboxylic acids is 3. The standard InChI is InChI=1S/C32H48O13/c1-6-7-23-17-24-10-13-40-12-9-22(35)16-28(37)42-26(19-33)18-25-14-21(15-27(36)39-5)30(41-20(2)34)32(38,45-25)31(3,4)11-8-29(43-23)44-24/h6,8,11,15,22-26,29-30,33,35,38H,1,7,9-10,12-14,16-19H2,2-5H3/b11-8+,21-15+/t22-,23+,24-,25?,26-,29+,30+,32-/m1/s1. The highest BCUT2D eigenvalue weighted by Crippen LogP contribution is 2.46. The topological polar surface area (TPSA) is 177 Å². The number of esters is 3. The molecule has 0 amide bonds. The minimum atomic E-state index is -2.26. The van der Waals surface area contributed by atoms with Gasteiger partial charge in [-0.2, -0.15) is 0 Å². The fourth-order valence-corrected chi connectivity index (χ4v) is 5.65. The molecule has 8 atom stereocenters. The SMILES string of the molecule is C=CC[C@H]1C[C@H]2CCOCC[C@@H](O)CC(=O)O[C@@H](CO)CC3C/C(=C\C(=O)OC)[C@H](OC(C)=O)[C@@](O)(O3)C(C)(C)/C=C/[C@H](O2)O1. The van der Waals surface area contributed by atoms with Crippen molar-refractivity contribution < 1.29 is 62.9 Å². The number of hydrogen-bond donors (Lipinski definition) is 3. The molecule has 13 nitrogen and oxygen atoms in total. The molecular formula is C32H48O13. The van der Waals surface area contributed by atoms with Crippen molar-refractivity contribution in [1.82, 2.24) is 0 Å². The van der Waals surface area contributed by atoms with Gasteiger partial charge in [-0.05, 0) is 37.3 Å². The van der Waals surface area contributed by atoms with Gasteiger partial charge < -0.3 is 48.5 Å². The van der Waals surface area contributed by atoms with Crippen LogP contribution in [0.4, 0.5) is 0 Å². The van der Waals surface area contributed by atoms with Gasteiger partial charge in [0.15, 0.2) is 12.4 Å². The van der Waals surface area contributed by atoms with Gasteiger partial charge in [0.1, 0.15) is 6.10 Å². The average Bonchev–Trinajstić information content (AvgIpc) is 2.96. The Morgan fingerprint density at radius 3 is 2.49 bits per heavy atom. The van der Waals surface area contributed by atoms with Crippen LogP contribution in [-0.4, -0.2) is 109 Å². The molecule has 3 aliphatic heterocycles. The first-order valence-electron chi connectivity index (χ1n) is 15.3. The maximum absolute atomic E-state index is 12.6. The van der Waals surface area contributed by atoms with E-state index in [2.05, 4.69) is 6.58 Å². The number of rotatable bonds is 5. The summed E-state index contributed by atoms with van der Waals surface area (Å²) in [5.74, 6) is -4.47. The van der Waals surface area contributed by atoms with Crippen LogP contribution in [0.15, 0.2) is 36.5 Å². The van der Waals surface area contributed by atoms with E-state index in [9.17, 15) is 29.7 Å². The number of methoxy groups -OCH3 is 1. The van der Waals surface area contributed by atoms with Gasteiger partial charge in [-0.25, -0.2) is 4.79 Å². The van der Waals surface area contributed by atoms with Crippen LogP contribution in [0, 0.1) is 5.41 Å². The Kier molecular flexibility index (Phi) is 13.7. The van der Waals surface area contributed by atoms with Crippen LogP contribution < -0.4 is 0 Å². The van der Waals surface area contributed by atoms with E-state index in [0.29, 0.717) is 25.9 Å². The Bertz CT molecular complexity index is 1080. The maximum atomic E-state index is 12.6. The van der Waals surface area contributed by atoms with Gasteiger partial charge >= 0.3 is 17.9 Å². The van der Waals surface area contributed by atoms with Gasteiger partial charge in [-0.1, -0.05) is 26.0 Å². The van der Waals surface area contributed by atoms with Crippen molar-refractivity contribution in [3.63, 3.8) is 0 Å². The van der Waals surface area contributed by atoms with Crippen LogP contribution >= 0.6 is 0 Å². The molecule has 3 heterocycles. The quantitative estimate of drug-likeness (QED) is 0.172. The maximum Gasteiger partial charge on any atom is 0.330 e. The average molecular weight is 641 g/mol. The molecule has 0 saturated carbocycles. The number of ether oxygens (including phenoxy) is 7. The number of aliphatic hydroxyl groups is 3. The second-order valence-corrected chi connectivity index (χ2v) is 12.2. The third-order valence-electron chi connectivity index (χ3n) is 8.10. The smallest absolute Gasteiger partial charge is 0.330 e. The highest BCUT2D eigenvalue weighted by atomic mass is 16.7. The fourth-order valence-electron chi connectivity index (χ4n) is 5.65. The first-order chi connectivity index (χ1) is 21.3. The second kappa shape index (κ2) is 16.8. The Balaban J connectivity index is 2.05. The monoisotopic (exact) mass is 640 g/mol. The molecule has 13 heteroatoms. The lowest BCUT2D eigenvalue weighted by molar-refractivity contribution is -0.327. The van der Waals surface area contributed by atoms with Crippen LogP contribution in [0.3, 0.4) is 0 Å². The minimum absolute atomic E-state index is 0.0249. The molecule has 0 radical (unpaired) electrons. The molecule has 0 aromatic heterocycles. The van der Waals surface area contributed by atoms with Crippen molar-refractivity contribution in [2.45, 2.75) is 114 Å². The molecule has 1 unspecified atom stereocenters. The lowest BCUT2D eigenvalue weighted by Crippen LogP contribution is -2.62. The summed E-state index contributed by atoms with van der Waals surface area (Å²) in [5, 5.41) is 32.7. The normalized spacial score (nSPS) is 36.6. The van der Waals surface area contributed by atoms with Gasteiger partial charge in [-0.3, -0.25) is 9.59 Å². The van der Waals surface area contributed by atoms with E-state index in [4.69, 9.17) is 33.2 Å². The van der Waals surface area contributed by atoms with Crippen molar-refractivity contribution in [3.8, 4) is 0 Å². The van der Waals surface area contributed by atoms with Crippen LogP contribution in [0.2, 0.25) is 0 Å². The van der Waals surface area contributed by atoms with Crippen LogP contribution in [0.25, 0.3) is 0 Å². The summed E-state index contributed by atoms with van der Waals surface area (Å²) >= 11 is 0. The lowest BCUT2D eigenvalue weighted by atomic mass is 9.74. The molecule has 0 spiro atoms. The number of carbonyl (C=O) groups is 3. The Hall–Kier alpha value is -2.65. The van der Waals surface area contributed by atoms with E-state index in [1.807, 2.05) is 0 Å². The van der Waals surface area contributed by atoms with Gasteiger partial charge in [0.05, 0.1) is 44.6 Å². The van der Waals surface area contributed by atoms with Crippen LogP contribution in [0.5, 0.6) is 0 Å². The first kappa shape index (κ1) is 36.8. The van der Waals surface area contributed by atoms with Gasteiger partial charge in [-0.15, -0.1) is 6.58 Å². The third-order valence-corrected chi connectivity index (χ3v) is 8.10. The lowest BCUT2D eigenvalue weighted by Gasteiger charge is -2.50. The van der Waals surface area contributed by atoms with Gasteiger partial charge in [0.25, 0.3) is 0 Å². The molecule has 3 aliphatic rings. The fraction of sp³-hybridized carbons (Fsp3) is 0.719. The summed E-state index contributed by atoms with van der Waals surface area (Å²) in [6.45, 7) is 8.31. The molecule has 0 aromatic rings. The summed E-state index contributed by atoms with van der Waals surface area (Å²) in [4.78, 5) is 37.2. The van der Waals surface area contributed by atoms with Crippen molar-refractivity contribution >= 4 is 17.9 Å². The number of aliphatic hydroxyl groups excluding tert-OH is 2. The van der Waals surface area contributed by atoms with Crippen molar-refractivity contribution in [2.75, 3.05) is 26.9 Å². The van der Waals surface area contributed by atoms with Crippen molar-refractivity contribution in [2.24, 2.45) is 5.41 Å². The first-order valence-corrected chi connectivity index (χ1v) is 15.3. The molecule has 0 aliphatic carbocycles. The Morgan fingerprint density at radius 1 is 1.11 bits per heavy atom. The van der Waals surface area contributed by atoms with E-state index in [-0.39, 0.29) is 50.1 Å². The van der Waals surface area contributed by atoms with E-state index in [1.165, 1.54) is 14.0 Å². The molecule has 2 fully saturated rings. The predicted molar refractivity (Wildman–Crippen MR) is 158 cm³/mol. The minimum Gasteiger partial charge on any atom is -0.466 e. The van der Waals surface area contributed by atoms with E-state index in [1.54, 1.807) is 32.1 Å². The molecule has 254 valence electrons. The summed E-state index contributed by atoms with van der Waals surface area (Å²) in [5.41, 5.74) is -1.11. The molecule has 4 bridgehead atoms. The summed E-state index contributed by atoms with van der Waals surface area (Å²) < 4.78 is 40.1. The Morgan fingerprint density at radius 2 is 1.82 bits per heavy atom. The van der Waals surface area contributed by atoms with Crippen LogP contribution in [0.1, 0.15) is 65.7 Å². The Labute approximate surface area is 264 Å². The highest BCUT2D eigenvalue weighted by Gasteiger charge is 2.57. The molecule has 0 aromatic carbocycles. The van der Waals surface area contributed by atoms with E-state index < -0.39 is 66.4 Å². The largest absolute Gasteiger partial charge is 0.466 e. The second-order valence-electron chi connectivity index (χ2n) is 12.2. The van der Waals surface area contributed by atoms with Crippen molar-refractivity contribution in [1.29, 1.82) is 0 Å². The zero-order chi connectivity index (χ0) is 33.2. The summed E-state index contributed by atoms with van der Waals surface area (Å²) in [7, 11) is 1.19. The summed E-state index contributed by atoms with van der Waals surface area (Å²) in [6.07, 6.45) is 2.07. The van der Waals surface area contributed by atoms with Crippen molar-refractivity contribution in [3.05, 3.63) is 36.5 Å². The third kappa shape index (κ3) is 10.4. The predicted octanol–water partition coefficient (Wildman–Crippen LogP) is 2.01.